The van der Waals surface area contributed by atoms with E-state index >= 15 is 0 Å². The average molecular weight is 500 g/mol. The Hall–Kier alpha value is -3.02. The molecule has 0 saturated carbocycles. The molecular formula is C22H18FN5O2S3. The molecule has 0 radical (unpaired) electrons. The van der Waals surface area contributed by atoms with Gasteiger partial charge in [-0.1, -0.05) is 41.3 Å². The number of amides is 1. The zero-order valence-corrected chi connectivity index (χ0v) is 19.6. The SMILES string of the molecule is O=C(CSc1nnc(NCc2ccc(F)cc2)s1)N1N=C(c2ccco2)CC1c1cccs1. The summed E-state index contributed by atoms with van der Waals surface area (Å²) in [6.45, 7) is 0.513. The van der Waals surface area contributed by atoms with Crippen molar-refractivity contribution < 1.29 is 13.6 Å². The third kappa shape index (κ3) is 5.15. The number of anilines is 1. The molecule has 1 N–H and O–H groups in total. The van der Waals surface area contributed by atoms with Crippen molar-refractivity contribution in [2.45, 2.75) is 23.3 Å². The number of carbonyl (C=O) groups excluding carboxylic acids is 1. The average Bonchev–Trinajstić information content (AvgIpc) is 3.63. The highest BCUT2D eigenvalue weighted by Gasteiger charge is 2.34. The summed E-state index contributed by atoms with van der Waals surface area (Å²) in [6, 6.07) is 13.8. The van der Waals surface area contributed by atoms with Crippen LogP contribution < -0.4 is 5.32 Å². The third-order valence-corrected chi connectivity index (χ3v) is 7.90. The number of halogens is 1. The number of nitrogens with zero attached hydrogens (tertiary/aromatic N) is 4. The molecule has 7 nitrogen and oxygen atoms in total. The van der Waals surface area contributed by atoms with Crippen LogP contribution in [0.1, 0.15) is 28.7 Å². The lowest BCUT2D eigenvalue weighted by atomic mass is 10.1. The monoisotopic (exact) mass is 499 g/mol. The molecule has 1 amide bonds. The quantitative estimate of drug-likeness (QED) is 0.326. The largest absolute Gasteiger partial charge is 0.463 e. The molecule has 1 atom stereocenters. The van der Waals surface area contributed by atoms with Crippen molar-refractivity contribution in [3.63, 3.8) is 0 Å². The lowest BCUT2D eigenvalue weighted by molar-refractivity contribution is -0.130. The molecule has 1 aliphatic heterocycles. The lowest BCUT2D eigenvalue weighted by Gasteiger charge is -2.20. The van der Waals surface area contributed by atoms with Gasteiger partial charge in [-0.05, 0) is 41.3 Å². The standard InChI is InChI=1S/C22H18FN5O2S3/c23-15-7-5-14(6-8-15)12-24-21-25-26-22(33-21)32-13-20(29)28-17(19-4-2-10-31-19)11-16(27-28)18-3-1-9-30-18/h1-10,17H,11-13H2,(H,24,25). The first-order chi connectivity index (χ1) is 16.2. The first-order valence-corrected chi connectivity index (χ1v) is 12.8. The maximum absolute atomic E-state index is 13.1. The van der Waals surface area contributed by atoms with Crippen LogP contribution in [0.2, 0.25) is 0 Å². The van der Waals surface area contributed by atoms with Gasteiger partial charge in [0.1, 0.15) is 17.3 Å². The summed E-state index contributed by atoms with van der Waals surface area (Å²) >= 11 is 4.31. The highest BCUT2D eigenvalue weighted by molar-refractivity contribution is 8.01. The molecule has 1 aliphatic rings. The molecule has 33 heavy (non-hydrogen) atoms. The Morgan fingerprint density at radius 3 is 2.85 bits per heavy atom. The first-order valence-electron chi connectivity index (χ1n) is 10.1. The molecule has 11 heteroatoms. The summed E-state index contributed by atoms with van der Waals surface area (Å²) in [5.41, 5.74) is 1.70. The molecule has 168 valence electrons. The molecular weight excluding hydrogens is 481 g/mol. The molecule has 4 aromatic rings. The zero-order chi connectivity index (χ0) is 22.6. The summed E-state index contributed by atoms with van der Waals surface area (Å²) in [6.07, 6.45) is 2.22. The molecule has 0 spiro atoms. The van der Waals surface area contributed by atoms with Crippen LogP contribution in [0, 0.1) is 5.82 Å². The first kappa shape index (κ1) is 21.8. The molecule has 5 rings (SSSR count). The number of hydrogen-bond donors (Lipinski definition) is 1. The van der Waals surface area contributed by atoms with Gasteiger partial charge in [0.2, 0.25) is 5.13 Å². The molecule has 0 saturated heterocycles. The number of furan rings is 1. The van der Waals surface area contributed by atoms with E-state index in [0.717, 1.165) is 16.2 Å². The number of benzene rings is 1. The molecule has 1 unspecified atom stereocenters. The number of nitrogens with one attached hydrogen (secondary N) is 1. The minimum Gasteiger partial charge on any atom is -0.463 e. The lowest BCUT2D eigenvalue weighted by Crippen LogP contribution is -2.28. The van der Waals surface area contributed by atoms with Gasteiger partial charge < -0.3 is 9.73 Å². The Balaban J connectivity index is 1.21. The van der Waals surface area contributed by atoms with Crippen molar-refractivity contribution in [1.82, 2.24) is 15.2 Å². The maximum atomic E-state index is 13.1. The van der Waals surface area contributed by atoms with E-state index in [2.05, 4.69) is 20.6 Å². The van der Waals surface area contributed by atoms with Crippen LogP contribution in [0.25, 0.3) is 0 Å². The molecule has 1 aromatic carbocycles. The smallest absolute Gasteiger partial charge is 0.253 e. The van der Waals surface area contributed by atoms with Crippen molar-refractivity contribution in [2.75, 3.05) is 11.1 Å². The van der Waals surface area contributed by atoms with Crippen molar-refractivity contribution in [3.8, 4) is 0 Å². The van der Waals surface area contributed by atoms with E-state index in [1.54, 1.807) is 34.7 Å². The van der Waals surface area contributed by atoms with Gasteiger partial charge in [-0.2, -0.15) is 5.10 Å². The number of thiophene rings is 1. The van der Waals surface area contributed by atoms with E-state index in [-0.39, 0.29) is 23.5 Å². The van der Waals surface area contributed by atoms with E-state index in [9.17, 15) is 9.18 Å². The summed E-state index contributed by atoms with van der Waals surface area (Å²) in [4.78, 5) is 14.2. The molecule has 0 aliphatic carbocycles. The van der Waals surface area contributed by atoms with Gasteiger partial charge in [-0.3, -0.25) is 4.79 Å². The highest BCUT2D eigenvalue weighted by atomic mass is 32.2. The van der Waals surface area contributed by atoms with E-state index in [4.69, 9.17) is 4.42 Å². The van der Waals surface area contributed by atoms with Crippen LogP contribution in [-0.2, 0) is 11.3 Å². The van der Waals surface area contributed by atoms with Gasteiger partial charge in [0.25, 0.3) is 5.91 Å². The van der Waals surface area contributed by atoms with Crippen LogP contribution in [0.15, 0.2) is 74.0 Å². The van der Waals surface area contributed by atoms with E-state index in [1.165, 1.54) is 35.2 Å². The molecule has 3 aromatic heterocycles. The topological polar surface area (TPSA) is 83.6 Å². The van der Waals surface area contributed by atoms with Gasteiger partial charge in [0.15, 0.2) is 4.34 Å². The summed E-state index contributed by atoms with van der Waals surface area (Å²) in [7, 11) is 0. The zero-order valence-electron chi connectivity index (χ0n) is 17.2. The molecule has 0 bridgehead atoms. The second-order valence-electron chi connectivity index (χ2n) is 7.14. The number of hydrogen-bond acceptors (Lipinski definition) is 9. The van der Waals surface area contributed by atoms with Crippen molar-refractivity contribution in [2.24, 2.45) is 5.10 Å². The predicted octanol–water partition coefficient (Wildman–Crippen LogP) is 5.41. The Labute approximate surface area is 201 Å². The fraction of sp³-hybridized carbons (Fsp3) is 0.182. The van der Waals surface area contributed by atoms with Crippen molar-refractivity contribution in [1.29, 1.82) is 0 Å². The van der Waals surface area contributed by atoms with Crippen LogP contribution in [0.5, 0.6) is 0 Å². The van der Waals surface area contributed by atoms with Crippen LogP contribution >= 0.6 is 34.4 Å². The minimum atomic E-state index is -0.266. The van der Waals surface area contributed by atoms with E-state index in [0.29, 0.717) is 28.2 Å². The van der Waals surface area contributed by atoms with Crippen LogP contribution in [0.4, 0.5) is 9.52 Å². The summed E-state index contributed by atoms with van der Waals surface area (Å²) in [5.74, 6) is 0.512. The Bertz CT molecular complexity index is 1240. The summed E-state index contributed by atoms with van der Waals surface area (Å²) < 4.78 is 19.2. The fourth-order valence-corrected chi connectivity index (χ4v) is 5.76. The Morgan fingerprint density at radius 1 is 1.21 bits per heavy atom. The number of aromatic nitrogens is 2. The van der Waals surface area contributed by atoms with Gasteiger partial charge in [0, 0.05) is 17.8 Å². The van der Waals surface area contributed by atoms with Gasteiger partial charge in [-0.25, -0.2) is 9.40 Å². The fourth-order valence-electron chi connectivity index (χ4n) is 3.34. The van der Waals surface area contributed by atoms with Crippen molar-refractivity contribution >= 4 is 51.2 Å². The molecule has 0 fully saturated rings. The second kappa shape index (κ2) is 9.86. The van der Waals surface area contributed by atoms with Gasteiger partial charge in [-0.15, -0.1) is 21.5 Å². The van der Waals surface area contributed by atoms with Crippen LogP contribution in [0.3, 0.4) is 0 Å². The predicted molar refractivity (Wildman–Crippen MR) is 128 cm³/mol. The van der Waals surface area contributed by atoms with E-state index in [1.807, 2.05) is 29.6 Å². The number of rotatable bonds is 8. The second-order valence-corrected chi connectivity index (χ2v) is 10.3. The third-order valence-electron chi connectivity index (χ3n) is 4.93. The number of thioether (sulfide) groups is 1. The highest BCUT2D eigenvalue weighted by Crippen LogP contribution is 2.36. The Kier molecular flexibility index (Phi) is 6.51. The van der Waals surface area contributed by atoms with Crippen LogP contribution in [-0.4, -0.2) is 32.6 Å². The summed E-state index contributed by atoms with van der Waals surface area (Å²) in [5, 5.41) is 20.2. The number of hydrazone groups is 1. The molecule has 4 heterocycles. The normalized spacial score (nSPS) is 15.6. The number of carbonyl (C=O) groups is 1. The van der Waals surface area contributed by atoms with Crippen molar-refractivity contribution in [3.05, 3.63) is 82.2 Å². The Morgan fingerprint density at radius 2 is 2.09 bits per heavy atom. The maximum Gasteiger partial charge on any atom is 0.253 e. The minimum absolute atomic E-state index is 0.101. The van der Waals surface area contributed by atoms with E-state index < -0.39 is 0 Å². The van der Waals surface area contributed by atoms with Gasteiger partial charge in [0.05, 0.1) is 18.1 Å². The van der Waals surface area contributed by atoms with Gasteiger partial charge >= 0.3 is 0 Å².